The Bertz CT molecular complexity index is 792. The van der Waals surface area contributed by atoms with Crippen molar-refractivity contribution in [3.8, 4) is 17.2 Å². The van der Waals surface area contributed by atoms with Gasteiger partial charge in [0.2, 0.25) is 0 Å². The molecule has 0 heterocycles. The fourth-order valence-corrected chi connectivity index (χ4v) is 2.66. The molecule has 0 aliphatic carbocycles. The zero-order valence-corrected chi connectivity index (χ0v) is 15.0. The molecule has 0 aliphatic rings. The van der Waals surface area contributed by atoms with Gasteiger partial charge in [0, 0.05) is 6.07 Å². The van der Waals surface area contributed by atoms with Crippen molar-refractivity contribution in [1.29, 1.82) is 0 Å². The molecule has 0 radical (unpaired) electrons. The van der Waals surface area contributed by atoms with Crippen molar-refractivity contribution in [2.75, 3.05) is 0 Å². The Balaban J connectivity index is 1.69. The summed E-state index contributed by atoms with van der Waals surface area (Å²) in [5.74, 6) is 2.92. The number of ether oxygens (including phenoxy) is 2. The smallest absolute Gasteiger partial charge is 0.131 e. The number of hydrogen-bond donors (Lipinski definition) is 0. The molecule has 3 aromatic rings. The van der Waals surface area contributed by atoms with Crippen LogP contribution >= 0.6 is 0 Å². The van der Waals surface area contributed by atoms with Gasteiger partial charge in [-0.25, -0.2) is 0 Å². The van der Waals surface area contributed by atoms with Crippen LogP contribution in [0.15, 0.2) is 78.9 Å². The third-order valence-corrected chi connectivity index (χ3v) is 4.17. The first-order chi connectivity index (χ1) is 12.1. The second-order valence-corrected chi connectivity index (χ2v) is 6.47. The van der Waals surface area contributed by atoms with Crippen LogP contribution in [-0.4, -0.2) is 0 Å². The largest absolute Gasteiger partial charge is 0.486 e. The third-order valence-electron chi connectivity index (χ3n) is 4.17. The summed E-state index contributed by atoms with van der Waals surface area (Å²) in [6.45, 7) is 6.42. The molecule has 0 spiro atoms. The van der Waals surface area contributed by atoms with Crippen LogP contribution in [0.1, 0.15) is 43.9 Å². The molecule has 0 aromatic heterocycles. The molecule has 128 valence electrons. The number of hydrogen-bond acceptors (Lipinski definition) is 2. The molecule has 0 bridgehead atoms. The fraction of sp³-hybridized carbons (Fsp3) is 0.217. The molecule has 25 heavy (non-hydrogen) atoms. The van der Waals surface area contributed by atoms with Crippen LogP contribution in [0.5, 0.6) is 17.2 Å². The minimum atomic E-state index is -0.0122. The van der Waals surface area contributed by atoms with Crippen molar-refractivity contribution in [1.82, 2.24) is 0 Å². The van der Waals surface area contributed by atoms with E-state index in [-0.39, 0.29) is 6.10 Å². The average Bonchev–Trinajstić information content (AvgIpc) is 2.63. The van der Waals surface area contributed by atoms with E-state index in [4.69, 9.17) is 9.47 Å². The van der Waals surface area contributed by atoms with Gasteiger partial charge in [-0.05, 0) is 48.2 Å². The van der Waals surface area contributed by atoms with E-state index in [1.165, 1.54) is 5.56 Å². The van der Waals surface area contributed by atoms with Crippen molar-refractivity contribution >= 4 is 0 Å². The number of benzene rings is 3. The Morgan fingerprint density at radius 3 is 1.96 bits per heavy atom. The highest BCUT2D eigenvalue weighted by Gasteiger charge is 2.08. The number of rotatable bonds is 6. The standard InChI is InChI=1S/C23H24O2/c1-17(2)19-12-14-21(15-13-19)25-23-11-7-10-22(16-23)24-18(3)20-8-5-4-6-9-20/h4-18H,1-3H3/t18-/m1/s1. The Hall–Kier alpha value is -2.74. The van der Waals surface area contributed by atoms with Gasteiger partial charge in [0.25, 0.3) is 0 Å². The van der Waals surface area contributed by atoms with Gasteiger partial charge in [0.05, 0.1) is 0 Å². The summed E-state index contributed by atoms with van der Waals surface area (Å²) in [4.78, 5) is 0. The van der Waals surface area contributed by atoms with Crippen LogP contribution in [0.3, 0.4) is 0 Å². The summed E-state index contributed by atoms with van der Waals surface area (Å²) < 4.78 is 12.0. The van der Waals surface area contributed by atoms with Gasteiger partial charge in [0.15, 0.2) is 0 Å². The lowest BCUT2D eigenvalue weighted by molar-refractivity contribution is 0.226. The van der Waals surface area contributed by atoms with E-state index in [2.05, 4.69) is 38.1 Å². The molecule has 0 unspecified atom stereocenters. The van der Waals surface area contributed by atoms with Crippen LogP contribution in [0.25, 0.3) is 0 Å². The second kappa shape index (κ2) is 7.89. The maximum atomic E-state index is 6.05. The van der Waals surface area contributed by atoms with Gasteiger partial charge in [0.1, 0.15) is 23.4 Å². The summed E-state index contributed by atoms with van der Waals surface area (Å²) in [6, 6.07) is 26.2. The van der Waals surface area contributed by atoms with E-state index in [0.29, 0.717) is 5.92 Å². The Morgan fingerprint density at radius 1 is 0.600 bits per heavy atom. The fourth-order valence-electron chi connectivity index (χ4n) is 2.66. The zero-order chi connectivity index (χ0) is 17.6. The average molecular weight is 332 g/mol. The van der Waals surface area contributed by atoms with E-state index in [9.17, 15) is 0 Å². The first-order valence-electron chi connectivity index (χ1n) is 8.71. The first-order valence-corrected chi connectivity index (χ1v) is 8.71. The van der Waals surface area contributed by atoms with Crippen molar-refractivity contribution < 1.29 is 9.47 Å². The predicted octanol–water partition coefficient (Wildman–Crippen LogP) is 6.74. The van der Waals surface area contributed by atoms with Gasteiger partial charge < -0.3 is 9.47 Å². The molecular formula is C23H24O2. The highest BCUT2D eigenvalue weighted by Crippen LogP contribution is 2.29. The SMILES string of the molecule is CC(C)c1ccc(Oc2cccc(O[C@H](C)c3ccccc3)c2)cc1. The maximum Gasteiger partial charge on any atom is 0.131 e. The lowest BCUT2D eigenvalue weighted by Gasteiger charge is -2.16. The summed E-state index contributed by atoms with van der Waals surface area (Å²) >= 11 is 0. The Kier molecular flexibility index (Phi) is 5.39. The quantitative estimate of drug-likeness (QED) is 0.497. The first kappa shape index (κ1) is 17.1. The van der Waals surface area contributed by atoms with Crippen molar-refractivity contribution in [2.45, 2.75) is 32.8 Å². The van der Waals surface area contributed by atoms with E-state index in [1.807, 2.05) is 61.5 Å². The monoisotopic (exact) mass is 332 g/mol. The second-order valence-electron chi connectivity index (χ2n) is 6.47. The van der Waals surface area contributed by atoms with E-state index < -0.39 is 0 Å². The Labute approximate surface area is 150 Å². The highest BCUT2D eigenvalue weighted by atomic mass is 16.5. The molecule has 0 saturated heterocycles. The molecule has 2 heteroatoms. The molecule has 3 rings (SSSR count). The Morgan fingerprint density at radius 2 is 1.28 bits per heavy atom. The summed E-state index contributed by atoms with van der Waals surface area (Å²) in [5.41, 5.74) is 2.46. The summed E-state index contributed by atoms with van der Waals surface area (Å²) in [6.07, 6.45) is -0.0122. The molecule has 0 fully saturated rings. The van der Waals surface area contributed by atoms with Crippen LogP contribution < -0.4 is 9.47 Å². The molecular weight excluding hydrogens is 308 g/mol. The molecule has 1 atom stereocenters. The van der Waals surface area contributed by atoms with Crippen LogP contribution in [0.4, 0.5) is 0 Å². The van der Waals surface area contributed by atoms with Crippen molar-refractivity contribution in [2.24, 2.45) is 0 Å². The maximum absolute atomic E-state index is 6.05. The van der Waals surface area contributed by atoms with Crippen molar-refractivity contribution in [3.05, 3.63) is 90.0 Å². The topological polar surface area (TPSA) is 18.5 Å². The van der Waals surface area contributed by atoms with Gasteiger partial charge in [-0.15, -0.1) is 0 Å². The van der Waals surface area contributed by atoms with Gasteiger partial charge in [-0.1, -0.05) is 62.4 Å². The lowest BCUT2D eigenvalue weighted by Crippen LogP contribution is -2.02. The molecule has 3 aromatic carbocycles. The predicted molar refractivity (Wildman–Crippen MR) is 103 cm³/mol. The molecule has 2 nitrogen and oxygen atoms in total. The van der Waals surface area contributed by atoms with E-state index >= 15 is 0 Å². The van der Waals surface area contributed by atoms with Crippen LogP contribution in [0.2, 0.25) is 0 Å². The van der Waals surface area contributed by atoms with Gasteiger partial charge in [-0.3, -0.25) is 0 Å². The zero-order valence-electron chi connectivity index (χ0n) is 15.0. The minimum absolute atomic E-state index is 0.0122. The normalized spacial score (nSPS) is 12.0. The van der Waals surface area contributed by atoms with Crippen LogP contribution in [0, 0.1) is 0 Å². The minimum Gasteiger partial charge on any atom is -0.486 e. The van der Waals surface area contributed by atoms with Gasteiger partial charge in [-0.2, -0.15) is 0 Å². The molecule has 0 saturated carbocycles. The van der Waals surface area contributed by atoms with Crippen molar-refractivity contribution in [3.63, 3.8) is 0 Å². The van der Waals surface area contributed by atoms with Crippen LogP contribution in [-0.2, 0) is 0 Å². The third kappa shape index (κ3) is 4.63. The molecule has 0 N–H and O–H groups in total. The van der Waals surface area contributed by atoms with Gasteiger partial charge >= 0.3 is 0 Å². The molecule has 0 aliphatic heterocycles. The lowest BCUT2D eigenvalue weighted by atomic mass is 10.0. The van der Waals surface area contributed by atoms with E-state index in [1.54, 1.807) is 0 Å². The summed E-state index contributed by atoms with van der Waals surface area (Å²) in [7, 11) is 0. The molecule has 0 amide bonds. The summed E-state index contributed by atoms with van der Waals surface area (Å²) in [5, 5.41) is 0. The van der Waals surface area contributed by atoms with E-state index in [0.717, 1.165) is 22.8 Å². The highest BCUT2D eigenvalue weighted by molar-refractivity contribution is 5.38.